The zero-order valence-electron chi connectivity index (χ0n) is 11.0. The number of nitrogens with zero attached hydrogens (tertiary/aromatic N) is 2. The first-order valence-corrected chi connectivity index (χ1v) is 7.36. The van der Waals surface area contributed by atoms with Crippen molar-refractivity contribution in [3.63, 3.8) is 0 Å². The summed E-state index contributed by atoms with van der Waals surface area (Å²) >= 11 is 12.1. The van der Waals surface area contributed by atoms with Crippen molar-refractivity contribution < 1.29 is 0 Å². The molecule has 0 spiro atoms. The highest BCUT2D eigenvalue weighted by Crippen LogP contribution is 2.28. The zero-order valence-corrected chi connectivity index (χ0v) is 12.5. The smallest absolute Gasteiger partial charge is 0.0495 e. The molecule has 18 heavy (non-hydrogen) atoms. The molecule has 1 unspecified atom stereocenters. The van der Waals surface area contributed by atoms with Gasteiger partial charge in [0.2, 0.25) is 0 Å². The Labute approximate surface area is 119 Å². The van der Waals surface area contributed by atoms with Crippen LogP contribution in [0, 0.1) is 0 Å². The summed E-state index contributed by atoms with van der Waals surface area (Å²) in [5.41, 5.74) is 2.37. The van der Waals surface area contributed by atoms with Crippen molar-refractivity contribution >= 4 is 28.9 Å². The number of anilines is 1. The van der Waals surface area contributed by atoms with E-state index in [2.05, 4.69) is 29.8 Å². The van der Waals surface area contributed by atoms with E-state index in [1.165, 1.54) is 12.1 Å². The van der Waals surface area contributed by atoms with Crippen LogP contribution < -0.4 is 4.90 Å². The van der Waals surface area contributed by atoms with Crippen molar-refractivity contribution in [2.45, 2.75) is 25.3 Å². The molecule has 1 aromatic carbocycles. The maximum absolute atomic E-state index is 6.03. The Morgan fingerprint density at radius 2 is 2.11 bits per heavy atom. The van der Waals surface area contributed by atoms with E-state index in [4.69, 9.17) is 23.2 Å². The van der Waals surface area contributed by atoms with Crippen molar-refractivity contribution in [1.29, 1.82) is 0 Å². The average Bonchev–Trinajstić information content (AvgIpc) is 2.39. The molecule has 4 heteroatoms. The van der Waals surface area contributed by atoms with Gasteiger partial charge in [0.1, 0.15) is 0 Å². The van der Waals surface area contributed by atoms with Gasteiger partial charge in [-0.3, -0.25) is 4.90 Å². The first-order chi connectivity index (χ1) is 8.65. The number of alkyl halides is 1. The second-order valence-corrected chi connectivity index (χ2v) is 5.60. The van der Waals surface area contributed by atoms with Gasteiger partial charge in [-0.25, -0.2) is 0 Å². The number of hydrogen-bond acceptors (Lipinski definition) is 2. The van der Waals surface area contributed by atoms with Crippen molar-refractivity contribution in [2.24, 2.45) is 0 Å². The van der Waals surface area contributed by atoms with Crippen LogP contribution in [0.25, 0.3) is 0 Å². The number of likely N-dealkylation sites (N-methyl/N-ethyl adjacent to an activating group) is 1. The molecular weight excluding hydrogens is 267 g/mol. The van der Waals surface area contributed by atoms with Gasteiger partial charge < -0.3 is 4.90 Å². The van der Waals surface area contributed by atoms with Gasteiger partial charge in [0.15, 0.2) is 0 Å². The fourth-order valence-corrected chi connectivity index (χ4v) is 2.98. The predicted octanol–water partition coefficient (Wildman–Crippen LogP) is 3.61. The second kappa shape index (κ2) is 6.14. The van der Waals surface area contributed by atoms with E-state index in [1.807, 2.05) is 12.1 Å². The van der Waals surface area contributed by atoms with Crippen LogP contribution >= 0.6 is 23.2 Å². The van der Waals surface area contributed by atoms with Crippen LogP contribution in [-0.4, -0.2) is 37.6 Å². The molecule has 1 heterocycles. The topological polar surface area (TPSA) is 6.48 Å². The Morgan fingerprint density at radius 3 is 2.78 bits per heavy atom. The van der Waals surface area contributed by atoms with E-state index in [0.717, 1.165) is 30.2 Å². The molecule has 1 atom stereocenters. The van der Waals surface area contributed by atoms with Gasteiger partial charge >= 0.3 is 0 Å². The van der Waals surface area contributed by atoms with Crippen LogP contribution in [0.5, 0.6) is 0 Å². The van der Waals surface area contributed by atoms with Crippen molar-refractivity contribution in [3.8, 4) is 0 Å². The maximum atomic E-state index is 6.03. The van der Waals surface area contributed by atoms with Gasteiger partial charge in [-0.1, -0.05) is 18.5 Å². The lowest BCUT2D eigenvalue weighted by Crippen LogP contribution is -2.51. The Morgan fingerprint density at radius 1 is 1.33 bits per heavy atom. The highest BCUT2D eigenvalue weighted by Gasteiger charge is 2.24. The molecule has 0 saturated carbocycles. The summed E-state index contributed by atoms with van der Waals surface area (Å²) in [5.74, 6) is 0.513. The molecule has 2 nitrogen and oxygen atoms in total. The Balaban J connectivity index is 2.21. The summed E-state index contributed by atoms with van der Waals surface area (Å²) < 4.78 is 0. The van der Waals surface area contributed by atoms with Crippen LogP contribution in [0.4, 0.5) is 5.69 Å². The molecule has 1 aliphatic heterocycles. The maximum Gasteiger partial charge on any atom is 0.0495 e. The molecule has 0 bridgehead atoms. The van der Waals surface area contributed by atoms with Gasteiger partial charge in [0, 0.05) is 42.3 Å². The molecular formula is C14H20Cl2N2. The standard InChI is InChI=1S/C14H20Cl2N2/c1-3-13-10-18(7-6-17(13)2)14-5-4-12(16)8-11(14)9-15/h4-5,8,13H,3,6-7,9-10H2,1-2H3. The molecule has 0 N–H and O–H groups in total. The summed E-state index contributed by atoms with van der Waals surface area (Å²) in [6, 6.07) is 6.64. The first kappa shape index (κ1) is 14.0. The molecule has 0 amide bonds. The molecule has 100 valence electrons. The number of rotatable bonds is 3. The minimum atomic E-state index is 0.513. The Bertz CT molecular complexity index is 409. The molecule has 0 aliphatic carbocycles. The normalized spacial score (nSPS) is 21.3. The quantitative estimate of drug-likeness (QED) is 0.784. The third kappa shape index (κ3) is 2.93. The average molecular weight is 287 g/mol. The molecule has 1 aromatic rings. The van der Waals surface area contributed by atoms with Crippen molar-refractivity contribution in [2.75, 3.05) is 31.6 Å². The molecule has 1 aliphatic rings. The fraction of sp³-hybridized carbons (Fsp3) is 0.571. The summed E-state index contributed by atoms with van der Waals surface area (Å²) in [4.78, 5) is 4.87. The molecule has 1 saturated heterocycles. The largest absolute Gasteiger partial charge is 0.368 e. The van der Waals surface area contributed by atoms with E-state index in [0.29, 0.717) is 11.9 Å². The van der Waals surface area contributed by atoms with Gasteiger partial charge in [0.25, 0.3) is 0 Å². The minimum Gasteiger partial charge on any atom is -0.368 e. The lowest BCUT2D eigenvalue weighted by Gasteiger charge is -2.41. The van der Waals surface area contributed by atoms with E-state index in [9.17, 15) is 0 Å². The highest BCUT2D eigenvalue weighted by atomic mass is 35.5. The third-order valence-electron chi connectivity index (χ3n) is 3.77. The summed E-state index contributed by atoms with van der Waals surface area (Å²) in [5, 5.41) is 0.760. The number of benzene rings is 1. The van der Waals surface area contributed by atoms with Gasteiger partial charge in [0.05, 0.1) is 0 Å². The van der Waals surface area contributed by atoms with Crippen LogP contribution in [0.2, 0.25) is 5.02 Å². The molecule has 0 radical (unpaired) electrons. The third-order valence-corrected chi connectivity index (χ3v) is 4.30. The minimum absolute atomic E-state index is 0.513. The Hall–Kier alpha value is -0.440. The van der Waals surface area contributed by atoms with Gasteiger partial charge in [-0.2, -0.15) is 0 Å². The number of halogens is 2. The van der Waals surface area contributed by atoms with Gasteiger partial charge in [-0.15, -0.1) is 11.6 Å². The summed E-state index contributed by atoms with van der Waals surface area (Å²) in [6.45, 7) is 5.47. The molecule has 2 rings (SSSR count). The monoisotopic (exact) mass is 286 g/mol. The van der Waals surface area contributed by atoms with Crippen LogP contribution in [0.15, 0.2) is 18.2 Å². The van der Waals surface area contributed by atoms with E-state index in [-0.39, 0.29) is 0 Å². The molecule has 0 aromatic heterocycles. The number of hydrogen-bond donors (Lipinski definition) is 0. The lowest BCUT2D eigenvalue weighted by molar-refractivity contribution is 0.213. The van der Waals surface area contributed by atoms with Crippen molar-refractivity contribution in [3.05, 3.63) is 28.8 Å². The number of piperazine rings is 1. The SMILES string of the molecule is CCC1CN(c2ccc(Cl)cc2CCl)CCN1C. The first-order valence-electron chi connectivity index (χ1n) is 6.45. The summed E-state index contributed by atoms with van der Waals surface area (Å²) in [7, 11) is 2.20. The summed E-state index contributed by atoms with van der Waals surface area (Å²) in [6.07, 6.45) is 1.18. The van der Waals surface area contributed by atoms with Crippen molar-refractivity contribution in [1.82, 2.24) is 4.90 Å². The van der Waals surface area contributed by atoms with Crippen LogP contribution in [0.3, 0.4) is 0 Å². The second-order valence-electron chi connectivity index (χ2n) is 4.90. The van der Waals surface area contributed by atoms with E-state index in [1.54, 1.807) is 0 Å². The van der Waals surface area contributed by atoms with Crippen LogP contribution in [0.1, 0.15) is 18.9 Å². The predicted molar refractivity (Wildman–Crippen MR) is 79.9 cm³/mol. The van der Waals surface area contributed by atoms with E-state index >= 15 is 0 Å². The fourth-order valence-electron chi connectivity index (χ4n) is 2.58. The Kier molecular flexibility index (Phi) is 4.77. The molecule has 1 fully saturated rings. The van der Waals surface area contributed by atoms with Crippen LogP contribution in [-0.2, 0) is 5.88 Å². The van der Waals surface area contributed by atoms with Gasteiger partial charge in [-0.05, 0) is 37.2 Å². The highest BCUT2D eigenvalue weighted by molar-refractivity contribution is 6.30. The lowest BCUT2D eigenvalue weighted by atomic mass is 10.1. The van der Waals surface area contributed by atoms with E-state index < -0.39 is 0 Å². The zero-order chi connectivity index (χ0) is 13.1.